The van der Waals surface area contributed by atoms with E-state index in [9.17, 15) is 4.79 Å². The Morgan fingerprint density at radius 2 is 2.00 bits per heavy atom. The largest absolute Gasteiger partial charge is 0.332 e. The van der Waals surface area contributed by atoms with Crippen LogP contribution in [0.5, 0.6) is 0 Å². The van der Waals surface area contributed by atoms with Gasteiger partial charge in [0, 0.05) is 34.8 Å². The molecule has 2 heterocycles. The monoisotopic (exact) mass is 244 g/mol. The Morgan fingerprint density at radius 1 is 1.33 bits per heavy atom. The number of hydrogen-bond acceptors (Lipinski definition) is 2. The Hall–Kier alpha value is -1.64. The molecule has 0 amide bonds. The molecule has 0 bridgehead atoms. The molecule has 96 valence electrons. The third-order valence-corrected chi connectivity index (χ3v) is 3.21. The van der Waals surface area contributed by atoms with Crippen LogP contribution in [-0.2, 0) is 12.0 Å². The average molecular weight is 244 g/mol. The lowest BCUT2D eigenvalue weighted by Gasteiger charge is -2.17. The van der Waals surface area contributed by atoms with Crippen LogP contribution in [0.4, 0.5) is 0 Å². The fourth-order valence-corrected chi connectivity index (χ4v) is 2.10. The van der Waals surface area contributed by atoms with Crippen molar-refractivity contribution in [3.63, 3.8) is 0 Å². The van der Waals surface area contributed by atoms with E-state index >= 15 is 0 Å². The molecule has 0 saturated carbocycles. The van der Waals surface area contributed by atoms with Crippen molar-refractivity contribution in [3.8, 4) is 0 Å². The zero-order valence-corrected chi connectivity index (χ0v) is 11.7. The lowest BCUT2D eigenvalue weighted by atomic mass is 9.91. The number of nitrogens with zero attached hydrogens (tertiary/aromatic N) is 2. The van der Waals surface area contributed by atoms with E-state index < -0.39 is 0 Å². The molecule has 2 aromatic rings. The van der Waals surface area contributed by atoms with Crippen molar-refractivity contribution < 1.29 is 4.79 Å². The van der Waals surface area contributed by atoms with E-state index in [1.54, 1.807) is 6.92 Å². The van der Waals surface area contributed by atoms with E-state index in [2.05, 4.69) is 27.7 Å². The van der Waals surface area contributed by atoms with Gasteiger partial charge in [0.05, 0.1) is 0 Å². The summed E-state index contributed by atoms with van der Waals surface area (Å²) in [6.45, 7) is 10.9. The van der Waals surface area contributed by atoms with Gasteiger partial charge in [0.15, 0.2) is 5.78 Å². The summed E-state index contributed by atoms with van der Waals surface area (Å²) >= 11 is 0. The third-order valence-electron chi connectivity index (χ3n) is 3.21. The SMILES string of the molecule is CCn1cc(C(C)=O)c2ccc(C(C)(C)C)nc21. The number of pyridine rings is 1. The molecule has 0 spiro atoms. The molecule has 0 fully saturated rings. The quantitative estimate of drug-likeness (QED) is 0.757. The lowest BCUT2D eigenvalue weighted by Crippen LogP contribution is -2.13. The van der Waals surface area contributed by atoms with Gasteiger partial charge in [-0.25, -0.2) is 4.98 Å². The van der Waals surface area contributed by atoms with Crippen molar-refractivity contribution in [2.45, 2.75) is 46.6 Å². The first-order valence-corrected chi connectivity index (χ1v) is 6.36. The van der Waals surface area contributed by atoms with Crippen LogP contribution in [0, 0.1) is 0 Å². The molecular weight excluding hydrogens is 224 g/mol. The first kappa shape index (κ1) is 12.8. The second-order valence-corrected chi connectivity index (χ2v) is 5.70. The molecule has 18 heavy (non-hydrogen) atoms. The highest BCUT2D eigenvalue weighted by Crippen LogP contribution is 2.26. The third kappa shape index (κ3) is 2.05. The first-order chi connectivity index (χ1) is 8.34. The van der Waals surface area contributed by atoms with E-state index in [1.165, 1.54) is 0 Å². The molecule has 0 aliphatic rings. The zero-order chi connectivity index (χ0) is 13.5. The highest BCUT2D eigenvalue weighted by Gasteiger charge is 2.18. The predicted octanol–water partition coefficient (Wildman–Crippen LogP) is 3.56. The molecule has 0 aromatic carbocycles. The average Bonchev–Trinajstić information content (AvgIpc) is 2.65. The summed E-state index contributed by atoms with van der Waals surface area (Å²) in [4.78, 5) is 16.4. The molecule has 3 heteroatoms. The minimum absolute atomic E-state index is 0.0212. The molecule has 0 atom stereocenters. The van der Waals surface area contributed by atoms with Crippen LogP contribution in [0.1, 0.15) is 50.7 Å². The van der Waals surface area contributed by atoms with Gasteiger partial charge in [-0.05, 0) is 26.0 Å². The Morgan fingerprint density at radius 3 is 2.50 bits per heavy atom. The zero-order valence-electron chi connectivity index (χ0n) is 11.7. The number of ketones is 1. The highest BCUT2D eigenvalue weighted by atomic mass is 16.1. The maximum atomic E-state index is 11.6. The van der Waals surface area contributed by atoms with Crippen LogP contribution in [0.2, 0.25) is 0 Å². The number of aryl methyl sites for hydroxylation is 1. The van der Waals surface area contributed by atoms with Crippen molar-refractivity contribution in [2.24, 2.45) is 0 Å². The summed E-state index contributed by atoms with van der Waals surface area (Å²) in [5, 5.41) is 0.956. The Balaban J connectivity index is 2.73. The van der Waals surface area contributed by atoms with Crippen LogP contribution < -0.4 is 0 Å². The first-order valence-electron chi connectivity index (χ1n) is 6.36. The minimum atomic E-state index is 0.0212. The summed E-state index contributed by atoms with van der Waals surface area (Å²) in [6.07, 6.45) is 1.91. The van der Waals surface area contributed by atoms with Crippen LogP contribution >= 0.6 is 0 Å². The number of hydrogen-bond donors (Lipinski definition) is 0. The summed E-state index contributed by atoms with van der Waals surface area (Å²) in [5.74, 6) is 0.0949. The lowest BCUT2D eigenvalue weighted by molar-refractivity contribution is 0.101. The van der Waals surface area contributed by atoms with Gasteiger partial charge in [0.25, 0.3) is 0 Å². The molecule has 0 radical (unpaired) electrons. The number of Topliss-reactive ketones (excluding diaryl/α,β-unsaturated/α-hetero) is 1. The molecule has 2 rings (SSSR count). The van der Waals surface area contributed by atoms with E-state index in [4.69, 9.17) is 4.98 Å². The fraction of sp³-hybridized carbons (Fsp3) is 0.467. The maximum Gasteiger partial charge on any atom is 0.162 e. The normalized spacial score (nSPS) is 12.1. The van der Waals surface area contributed by atoms with E-state index in [-0.39, 0.29) is 11.2 Å². The molecule has 0 unspecified atom stereocenters. The molecule has 0 aliphatic carbocycles. The standard InChI is InChI=1S/C15H20N2O/c1-6-17-9-12(10(2)18)11-7-8-13(15(3,4)5)16-14(11)17/h7-9H,6H2,1-5H3. The summed E-state index contributed by atoms with van der Waals surface area (Å²) in [5.41, 5.74) is 2.75. The molecule has 3 nitrogen and oxygen atoms in total. The number of rotatable bonds is 2. The van der Waals surface area contributed by atoms with Gasteiger partial charge in [-0.3, -0.25) is 4.79 Å². The van der Waals surface area contributed by atoms with Crippen molar-refractivity contribution >= 4 is 16.8 Å². The predicted molar refractivity (Wildman–Crippen MR) is 74.1 cm³/mol. The summed E-state index contributed by atoms with van der Waals surface area (Å²) in [6, 6.07) is 4.04. The number of fused-ring (bicyclic) bond motifs is 1. The number of carbonyl (C=O) groups is 1. The topological polar surface area (TPSA) is 34.9 Å². The highest BCUT2D eigenvalue weighted by molar-refractivity contribution is 6.06. The van der Waals surface area contributed by atoms with Gasteiger partial charge < -0.3 is 4.57 Å². The fourth-order valence-electron chi connectivity index (χ4n) is 2.10. The van der Waals surface area contributed by atoms with E-state index in [0.29, 0.717) is 0 Å². The van der Waals surface area contributed by atoms with Crippen LogP contribution in [-0.4, -0.2) is 15.3 Å². The van der Waals surface area contributed by atoms with Crippen LogP contribution in [0.25, 0.3) is 11.0 Å². The molecule has 2 aromatic heterocycles. The van der Waals surface area contributed by atoms with Gasteiger partial charge in [-0.1, -0.05) is 20.8 Å². The van der Waals surface area contributed by atoms with Crippen LogP contribution in [0.3, 0.4) is 0 Å². The smallest absolute Gasteiger partial charge is 0.162 e. The Bertz CT molecular complexity index is 603. The van der Waals surface area contributed by atoms with Gasteiger partial charge in [0.2, 0.25) is 0 Å². The molecular formula is C15H20N2O. The van der Waals surface area contributed by atoms with Crippen molar-refractivity contribution in [2.75, 3.05) is 0 Å². The molecule has 0 N–H and O–H groups in total. The second kappa shape index (κ2) is 4.23. The van der Waals surface area contributed by atoms with E-state index in [0.717, 1.165) is 28.8 Å². The Kier molecular flexibility index (Phi) is 3.01. The second-order valence-electron chi connectivity index (χ2n) is 5.70. The van der Waals surface area contributed by atoms with Gasteiger partial charge in [0.1, 0.15) is 5.65 Å². The van der Waals surface area contributed by atoms with Gasteiger partial charge >= 0.3 is 0 Å². The van der Waals surface area contributed by atoms with Gasteiger partial charge in [-0.2, -0.15) is 0 Å². The van der Waals surface area contributed by atoms with Crippen molar-refractivity contribution in [3.05, 3.63) is 29.6 Å². The maximum absolute atomic E-state index is 11.6. The number of aromatic nitrogens is 2. The summed E-state index contributed by atoms with van der Waals surface area (Å²) < 4.78 is 2.04. The Labute approximate surface area is 108 Å². The van der Waals surface area contributed by atoms with Gasteiger partial charge in [-0.15, -0.1) is 0 Å². The number of carbonyl (C=O) groups excluding carboxylic acids is 1. The van der Waals surface area contributed by atoms with E-state index in [1.807, 2.05) is 22.9 Å². The van der Waals surface area contributed by atoms with Crippen molar-refractivity contribution in [1.82, 2.24) is 9.55 Å². The van der Waals surface area contributed by atoms with Crippen molar-refractivity contribution in [1.29, 1.82) is 0 Å². The minimum Gasteiger partial charge on any atom is -0.332 e. The molecule has 0 saturated heterocycles. The molecule has 0 aliphatic heterocycles. The van der Waals surface area contributed by atoms with Crippen LogP contribution in [0.15, 0.2) is 18.3 Å². The summed E-state index contributed by atoms with van der Waals surface area (Å²) in [7, 11) is 0.